The normalized spacial score (nSPS) is 10.6. The molecule has 0 aliphatic heterocycles. The van der Waals surface area contributed by atoms with E-state index in [1.807, 2.05) is 19.1 Å². The second-order valence-electron chi connectivity index (χ2n) is 4.87. The minimum Gasteiger partial charge on any atom is -0.322 e. The van der Waals surface area contributed by atoms with Gasteiger partial charge in [0.25, 0.3) is 5.91 Å². The quantitative estimate of drug-likeness (QED) is 0.763. The van der Waals surface area contributed by atoms with E-state index >= 15 is 0 Å². The number of halogens is 2. The van der Waals surface area contributed by atoms with Gasteiger partial charge in [0.05, 0.1) is 5.69 Å². The van der Waals surface area contributed by atoms with E-state index in [-0.39, 0.29) is 5.56 Å². The fourth-order valence-corrected chi connectivity index (χ4v) is 2.51. The minimum atomic E-state index is -0.483. The van der Waals surface area contributed by atoms with Crippen molar-refractivity contribution < 1.29 is 9.18 Å². The van der Waals surface area contributed by atoms with Gasteiger partial charge in [-0.05, 0) is 53.2 Å². The average Bonchev–Trinajstić information content (AvgIpc) is 3.02. The predicted octanol–water partition coefficient (Wildman–Crippen LogP) is 3.12. The minimum absolute atomic E-state index is 0.226. The number of hydrogen-bond donors (Lipinski definition) is 1. The summed E-state index contributed by atoms with van der Waals surface area (Å²) in [5.41, 5.74) is 2.40. The number of carbonyl (C=O) groups excluding carboxylic acids is 1. The molecule has 0 fully saturated rings. The van der Waals surface area contributed by atoms with Crippen LogP contribution in [0.5, 0.6) is 0 Å². The summed E-state index contributed by atoms with van der Waals surface area (Å²) in [6.45, 7) is 1.86. The molecule has 0 atom stereocenters. The molecule has 23 heavy (non-hydrogen) atoms. The fourth-order valence-electron chi connectivity index (χ4n) is 2.05. The molecule has 3 aromatic rings. The van der Waals surface area contributed by atoms with Crippen molar-refractivity contribution in [2.45, 2.75) is 6.92 Å². The number of rotatable bonds is 3. The Morgan fingerprint density at radius 2 is 2.09 bits per heavy atom. The number of aryl methyl sites for hydroxylation is 1. The van der Waals surface area contributed by atoms with E-state index < -0.39 is 11.7 Å². The second kappa shape index (κ2) is 6.25. The lowest BCUT2D eigenvalue weighted by molar-refractivity contribution is 0.102. The maximum atomic E-state index is 13.4. The van der Waals surface area contributed by atoms with Gasteiger partial charge >= 0.3 is 0 Å². The Bertz CT molecular complexity index is 846. The van der Waals surface area contributed by atoms with Crippen molar-refractivity contribution in [1.29, 1.82) is 0 Å². The number of nitrogens with one attached hydrogen (secondary N) is 1. The molecule has 0 saturated heterocycles. The number of hydrogen-bond acceptors (Lipinski definition) is 4. The van der Waals surface area contributed by atoms with E-state index in [0.717, 1.165) is 5.56 Å². The molecule has 2 aromatic carbocycles. The standard InChI is InChI=1S/C15H11BrFN5O/c1-9-2-3-13(22-8-18-20-21-22)7-14(9)19-15(23)10-4-11(16)6-12(17)5-10/h2-8H,1H3,(H,19,23). The topological polar surface area (TPSA) is 72.7 Å². The van der Waals surface area contributed by atoms with Gasteiger partial charge in [-0.15, -0.1) is 5.10 Å². The van der Waals surface area contributed by atoms with E-state index in [9.17, 15) is 9.18 Å². The van der Waals surface area contributed by atoms with Crippen LogP contribution in [0.4, 0.5) is 10.1 Å². The van der Waals surface area contributed by atoms with Gasteiger partial charge in [-0.3, -0.25) is 4.79 Å². The van der Waals surface area contributed by atoms with Crippen molar-refractivity contribution in [3.63, 3.8) is 0 Å². The van der Waals surface area contributed by atoms with Crippen LogP contribution in [0, 0.1) is 12.7 Å². The van der Waals surface area contributed by atoms with Crippen molar-refractivity contribution in [2.75, 3.05) is 5.32 Å². The monoisotopic (exact) mass is 375 g/mol. The predicted molar refractivity (Wildman–Crippen MR) is 85.9 cm³/mol. The molecule has 8 heteroatoms. The van der Waals surface area contributed by atoms with Gasteiger partial charge in [0.15, 0.2) is 0 Å². The van der Waals surface area contributed by atoms with Gasteiger partial charge in [0, 0.05) is 15.7 Å². The highest BCUT2D eigenvalue weighted by molar-refractivity contribution is 9.10. The van der Waals surface area contributed by atoms with Crippen LogP contribution >= 0.6 is 15.9 Å². The molecule has 0 saturated carbocycles. The van der Waals surface area contributed by atoms with Crippen molar-refractivity contribution in [3.8, 4) is 5.69 Å². The van der Waals surface area contributed by atoms with E-state index in [1.54, 1.807) is 12.1 Å². The average molecular weight is 376 g/mol. The molecule has 1 amide bonds. The molecule has 0 spiro atoms. The van der Waals surface area contributed by atoms with Gasteiger partial charge in [-0.1, -0.05) is 22.0 Å². The Morgan fingerprint density at radius 1 is 1.26 bits per heavy atom. The van der Waals surface area contributed by atoms with Crippen LogP contribution in [0.3, 0.4) is 0 Å². The maximum Gasteiger partial charge on any atom is 0.255 e. The molecule has 0 unspecified atom stereocenters. The molecule has 0 aliphatic rings. The summed E-state index contributed by atoms with van der Waals surface area (Å²) in [6.07, 6.45) is 1.46. The summed E-state index contributed by atoms with van der Waals surface area (Å²) in [7, 11) is 0. The molecular weight excluding hydrogens is 365 g/mol. The third-order valence-corrected chi connectivity index (χ3v) is 3.67. The number of nitrogens with zero attached hydrogens (tertiary/aromatic N) is 4. The zero-order chi connectivity index (χ0) is 16.4. The maximum absolute atomic E-state index is 13.4. The van der Waals surface area contributed by atoms with Crippen LogP contribution in [-0.4, -0.2) is 26.1 Å². The number of benzene rings is 2. The molecule has 0 bridgehead atoms. The first-order valence-corrected chi connectivity index (χ1v) is 7.44. The first-order valence-electron chi connectivity index (χ1n) is 6.64. The van der Waals surface area contributed by atoms with Gasteiger partial charge in [-0.2, -0.15) is 0 Å². The Kier molecular flexibility index (Phi) is 4.16. The summed E-state index contributed by atoms with van der Waals surface area (Å²) >= 11 is 3.17. The number of carbonyl (C=O) groups is 1. The van der Waals surface area contributed by atoms with E-state index in [1.165, 1.54) is 23.1 Å². The first-order chi connectivity index (χ1) is 11.0. The van der Waals surface area contributed by atoms with Gasteiger partial charge < -0.3 is 5.32 Å². The lowest BCUT2D eigenvalue weighted by Gasteiger charge is -2.10. The molecular formula is C15H11BrFN5O. The molecule has 1 aromatic heterocycles. The third kappa shape index (κ3) is 3.42. The van der Waals surface area contributed by atoms with Crippen LogP contribution < -0.4 is 5.32 Å². The van der Waals surface area contributed by atoms with Gasteiger partial charge in [0.2, 0.25) is 0 Å². The molecule has 3 rings (SSSR count). The zero-order valence-electron chi connectivity index (χ0n) is 12.0. The van der Waals surface area contributed by atoms with Crippen LogP contribution in [0.25, 0.3) is 5.69 Å². The van der Waals surface area contributed by atoms with Crippen LogP contribution in [0.15, 0.2) is 47.2 Å². The first kappa shape index (κ1) is 15.3. The lowest BCUT2D eigenvalue weighted by Crippen LogP contribution is -2.13. The molecule has 1 heterocycles. The second-order valence-corrected chi connectivity index (χ2v) is 5.78. The Balaban J connectivity index is 1.90. The van der Waals surface area contributed by atoms with Crippen molar-refractivity contribution >= 4 is 27.5 Å². The van der Waals surface area contributed by atoms with Crippen LogP contribution in [0.1, 0.15) is 15.9 Å². The van der Waals surface area contributed by atoms with Gasteiger partial charge in [-0.25, -0.2) is 9.07 Å². The lowest BCUT2D eigenvalue weighted by atomic mass is 10.1. The third-order valence-electron chi connectivity index (χ3n) is 3.21. The highest BCUT2D eigenvalue weighted by Crippen LogP contribution is 2.21. The summed E-state index contributed by atoms with van der Waals surface area (Å²) in [6, 6.07) is 9.45. The highest BCUT2D eigenvalue weighted by Gasteiger charge is 2.11. The van der Waals surface area contributed by atoms with Crippen LogP contribution in [-0.2, 0) is 0 Å². The smallest absolute Gasteiger partial charge is 0.255 e. The Labute approximate surface area is 139 Å². The molecule has 116 valence electrons. The molecule has 0 aliphatic carbocycles. The summed E-state index contributed by atoms with van der Waals surface area (Å²) in [5.74, 6) is -0.883. The number of anilines is 1. The largest absolute Gasteiger partial charge is 0.322 e. The van der Waals surface area contributed by atoms with Gasteiger partial charge in [0.1, 0.15) is 12.1 Å². The SMILES string of the molecule is Cc1ccc(-n2cnnn2)cc1NC(=O)c1cc(F)cc(Br)c1. The summed E-state index contributed by atoms with van der Waals surface area (Å²) in [4.78, 5) is 12.3. The summed E-state index contributed by atoms with van der Waals surface area (Å²) in [5, 5.41) is 13.7. The Hall–Kier alpha value is -2.61. The highest BCUT2D eigenvalue weighted by atomic mass is 79.9. The van der Waals surface area contributed by atoms with Crippen molar-refractivity contribution in [1.82, 2.24) is 20.2 Å². The van der Waals surface area contributed by atoms with Crippen molar-refractivity contribution in [2.24, 2.45) is 0 Å². The number of amides is 1. The molecule has 6 nitrogen and oxygen atoms in total. The van der Waals surface area contributed by atoms with Crippen molar-refractivity contribution in [3.05, 3.63) is 64.1 Å². The van der Waals surface area contributed by atoms with E-state index in [2.05, 4.69) is 36.8 Å². The fraction of sp³-hybridized carbons (Fsp3) is 0.0667. The molecule has 0 radical (unpaired) electrons. The number of aromatic nitrogens is 4. The van der Waals surface area contributed by atoms with E-state index in [0.29, 0.717) is 15.8 Å². The summed E-state index contributed by atoms with van der Waals surface area (Å²) < 4.78 is 15.4. The van der Waals surface area contributed by atoms with E-state index in [4.69, 9.17) is 0 Å². The van der Waals surface area contributed by atoms with Crippen LogP contribution in [0.2, 0.25) is 0 Å². The zero-order valence-corrected chi connectivity index (χ0v) is 13.6. The number of tetrazole rings is 1. The Morgan fingerprint density at radius 3 is 2.78 bits per heavy atom. The molecule has 1 N–H and O–H groups in total.